The van der Waals surface area contributed by atoms with E-state index < -0.39 is 0 Å². The van der Waals surface area contributed by atoms with Crippen LogP contribution in [0, 0.1) is 0 Å². The molecule has 1 aromatic heterocycles. The number of fused-ring (bicyclic) bond motifs is 1. The molecule has 4 nitrogen and oxygen atoms in total. The second-order valence-electron chi connectivity index (χ2n) is 7.68. The van der Waals surface area contributed by atoms with Gasteiger partial charge in [0.2, 0.25) is 6.79 Å². The molecule has 1 aliphatic rings. The van der Waals surface area contributed by atoms with Gasteiger partial charge in [-0.3, -0.25) is 0 Å². The van der Waals surface area contributed by atoms with E-state index in [0.29, 0.717) is 0 Å². The van der Waals surface area contributed by atoms with Gasteiger partial charge in [0.1, 0.15) is 5.82 Å². The first-order valence-corrected chi connectivity index (χ1v) is 11.5. The number of rotatable bonds is 5. The SMILES string of the molecule is c1ccc(Sc2ccc(-c3[nH]c(-c4ccc5c(c4)OCO5)nc3-c3ccccc3)cc2)cc1. The molecule has 4 aromatic carbocycles. The number of ether oxygens (including phenoxy) is 2. The standard InChI is InChI=1S/C28H20N2O2S/c1-3-7-19(8-4-1)26-27(20-11-14-23(15-12-20)33-22-9-5-2-6-10-22)30-28(29-26)21-13-16-24-25(17-21)32-18-31-24/h1-17H,18H2,(H,29,30). The van der Waals surface area contributed by atoms with Crippen LogP contribution in [0.3, 0.4) is 0 Å². The Kier molecular flexibility index (Phi) is 5.09. The molecule has 6 rings (SSSR count). The summed E-state index contributed by atoms with van der Waals surface area (Å²) in [7, 11) is 0. The van der Waals surface area contributed by atoms with Gasteiger partial charge in [0, 0.05) is 26.5 Å². The van der Waals surface area contributed by atoms with Crippen molar-refractivity contribution in [2.24, 2.45) is 0 Å². The Balaban J connectivity index is 1.39. The van der Waals surface area contributed by atoms with Crippen LogP contribution in [0.5, 0.6) is 11.5 Å². The maximum Gasteiger partial charge on any atom is 0.231 e. The Morgan fingerprint density at radius 2 is 1.30 bits per heavy atom. The number of hydrogen-bond acceptors (Lipinski definition) is 4. The fourth-order valence-electron chi connectivity index (χ4n) is 3.88. The van der Waals surface area contributed by atoms with Crippen molar-refractivity contribution in [3.8, 4) is 45.4 Å². The first-order valence-electron chi connectivity index (χ1n) is 10.7. The number of aromatic amines is 1. The summed E-state index contributed by atoms with van der Waals surface area (Å²) in [5.74, 6) is 2.30. The van der Waals surface area contributed by atoms with E-state index in [1.165, 1.54) is 9.79 Å². The highest BCUT2D eigenvalue weighted by atomic mass is 32.2. The Morgan fingerprint density at radius 3 is 2.09 bits per heavy atom. The van der Waals surface area contributed by atoms with Crippen molar-refractivity contribution >= 4 is 11.8 Å². The van der Waals surface area contributed by atoms with Crippen LogP contribution in [0.4, 0.5) is 0 Å². The Bertz CT molecular complexity index is 1400. The molecule has 33 heavy (non-hydrogen) atoms. The molecular weight excluding hydrogens is 428 g/mol. The molecule has 0 unspecified atom stereocenters. The molecule has 0 saturated heterocycles. The van der Waals surface area contributed by atoms with E-state index in [1.807, 2.05) is 42.5 Å². The molecule has 0 fully saturated rings. The molecule has 1 N–H and O–H groups in total. The molecule has 0 aliphatic carbocycles. The lowest BCUT2D eigenvalue weighted by molar-refractivity contribution is 0.174. The molecule has 5 heteroatoms. The number of nitrogens with one attached hydrogen (secondary N) is 1. The highest BCUT2D eigenvalue weighted by Gasteiger charge is 2.18. The van der Waals surface area contributed by atoms with E-state index in [-0.39, 0.29) is 6.79 Å². The lowest BCUT2D eigenvalue weighted by Gasteiger charge is -2.06. The summed E-state index contributed by atoms with van der Waals surface area (Å²) in [5, 5.41) is 0. The van der Waals surface area contributed by atoms with Gasteiger partial charge in [-0.15, -0.1) is 0 Å². The topological polar surface area (TPSA) is 47.1 Å². The van der Waals surface area contributed by atoms with Crippen LogP contribution < -0.4 is 9.47 Å². The van der Waals surface area contributed by atoms with Crippen LogP contribution in [0.2, 0.25) is 0 Å². The van der Waals surface area contributed by atoms with Crippen LogP contribution in [0.1, 0.15) is 0 Å². The summed E-state index contributed by atoms with van der Waals surface area (Å²) in [6.45, 7) is 0.255. The summed E-state index contributed by atoms with van der Waals surface area (Å²) in [6.07, 6.45) is 0. The predicted octanol–water partition coefficient (Wildman–Crippen LogP) is 7.29. The second kappa shape index (κ2) is 8.52. The van der Waals surface area contributed by atoms with Gasteiger partial charge in [0.05, 0.1) is 11.4 Å². The molecule has 0 spiro atoms. The molecule has 0 radical (unpaired) electrons. The zero-order chi connectivity index (χ0) is 22.0. The number of H-pyrrole nitrogens is 1. The average molecular weight is 449 g/mol. The molecule has 5 aromatic rings. The van der Waals surface area contributed by atoms with Crippen molar-refractivity contribution < 1.29 is 9.47 Å². The fourth-order valence-corrected chi connectivity index (χ4v) is 4.72. The second-order valence-corrected chi connectivity index (χ2v) is 8.83. The Morgan fingerprint density at radius 1 is 0.636 bits per heavy atom. The number of nitrogens with zero attached hydrogens (tertiary/aromatic N) is 1. The van der Waals surface area contributed by atoms with E-state index >= 15 is 0 Å². The first kappa shape index (κ1) is 19.7. The fraction of sp³-hybridized carbons (Fsp3) is 0.0357. The molecule has 0 bridgehead atoms. The predicted molar refractivity (Wildman–Crippen MR) is 132 cm³/mol. The minimum Gasteiger partial charge on any atom is -0.454 e. The summed E-state index contributed by atoms with van der Waals surface area (Å²) < 4.78 is 11.0. The molecule has 0 saturated carbocycles. The number of aromatic nitrogens is 2. The largest absolute Gasteiger partial charge is 0.454 e. The molecule has 0 amide bonds. The lowest BCUT2D eigenvalue weighted by atomic mass is 10.1. The van der Waals surface area contributed by atoms with Crippen molar-refractivity contribution in [3.63, 3.8) is 0 Å². The quantitative estimate of drug-likeness (QED) is 0.307. The van der Waals surface area contributed by atoms with Gasteiger partial charge in [-0.25, -0.2) is 4.98 Å². The minimum atomic E-state index is 0.255. The van der Waals surface area contributed by atoms with Crippen LogP contribution in [0.25, 0.3) is 33.9 Å². The molecule has 2 heterocycles. The Labute approximate surface area is 196 Å². The van der Waals surface area contributed by atoms with Crippen LogP contribution in [-0.2, 0) is 0 Å². The van der Waals surface area contributed by atoms with Gasteiger partial charge in [-0.2, -0.15) is 0 Å². The third kappa shape index (κ3) is 3.99. The van der Waals surface area contributed by atoms with Crippen molar-refractivity contribution in [2.75, 3.05) is 6.79 Å². The zero-order valence-corrected chi connectivity index (χ0v) is 18.5. The van der Waals surface area contributed by atoms with Crippen molar-refractivity contribution in [1.29, 1.82) is 0 Å². The molecule has 0 atom stereocenters. The van der Waals surface area contributed by atoms with Gasteiger partial charge in [0.25, 0.3) is 0 Å². The normalized spacial score (nSPS) is 12.1. The monoisotopic (exact) mass is 448 g/mol. The van der Waals surface area contributed by atoms with E-state index in [0.717, 1.165) is 45.4 Å². The van der Waals surface area contributed by atoms with Gasteiger partial charge < -0.3 is 14.5 Å². The van der Waals surface area contributed by atoms with Gasteiger partial charge in [0.15, 0.2) is 11.5 Å². The van der Waals surface area contributed by atoms with Crippen LogP contribution in [-0.4, -0.2) is 16.8 Å². The van der Waals surface area contributed by atoms with E-state index in [4.69, 9.17) is 14.5 Å². The summed E-state index contributed by atoms with van der Waals surface area (Å²) in [6, 6.07) is 35.2. The van der Waals surface area contributed by atoms with Gasteiger partial charge in [-0.1, -0.05) is 72.4 Å². The molecular formula is C28H20N2O2S. The molecule has 1 aliphatic heterocycles. The summed E-state index contributed by atoms with van der Waals surface area (Å²) >= 11 is 1.75. The highest BCUT2D eigenvalue weighted by molar-refractivity contribution is 7.99. The number of imidazole rings is 1. The summed E-state index contributed by atoms with van der Waals surface area (Å²) in [4.78, 5) is 11.0. The molecule has 160 valence electrons. The Hall–Kier alpha value is -3.96. The van der Waals surface area contributed by atoms with E-state index in [9.17, 15) is 0 Å². The van der Waals surface area contributed by atoms with Gasteiger partial charge in [-0.05, 0) is 42.5 Å². The summed E-state index contributed by atoms with van der Waals surface area (Å²) in [5.41, 5.74) is 5.03. The third-order valence-corrected chi connectivity index (χ3v) is 6.53. The minimum absolute atomic E-state index is 0.255. The van der Waals surface area contributed by atoms with Crippen LogP contribution >= 0.6 is 11.8 Å². The van der Waals surface area contributed by atoms with E-state index in [2.05, 4.69) is 65.6 Å². The average Bonchev–Trinajstić information content (AvgIpc) is 3.53. The smallest absolute Gasteiger partial charge is 0.231 e. The number of hydrogen-bond donors (Lipinski definition) is 1. The first-order chi connectivity index (χ1) is 16.3. The van der Waals surface area contributed by atoms with Crippen molar-refractivity contribution in [1.82, 2.24) is 9.97 Å². The van der Waals surface area contributed by atoms with Crippen molar-refractivity contribution in [3.05, 3.63) is 103 Å². The maximum atomic E-state index is 5.56. The maximum absolute atomic E-state index is 5.56. The lowest BCUT2D eigenvalue weighted by Crippen LogP contribution is -1.92. The van der Waals surface area contributed by atoms with Crippen LogP contribution in [0.15, 0.2) is 113 Å². The van der Waals surface area contributed by atoms with Crippen molar-refractivity contribution in [2.45, 2.75) is 9.79 Å². The number of benzene rings is 4. The third-order valence-electron chi connectivity index (χ3n) is 5.52. The van der Waals surface area contributed by atoms with E-state index in [1.54, 1.807) is 11.8 Å². The zero-order valence-electron chi connectivity index (χ0n) is 17.7. The van der Waals surface area contributed by atoms with Gasteiger partial charge >= 0.3 is 0 Å². The highest BCUT2D eigenvalue weighted by Crippen LogP contribution is 2.38.